The van der Waals surface area contributed by atoms with Gasteiger partial charge in [-0.1, -0.05) is 42.1 Å². The molecule has 0 aliphatic carbocycles. The second-order valence-corrected chi connectivity index (χ2v) is 5.66. The number of aliphatic carboxylic acids is 1. The number of rotatable bonds is 6. The zero-order valence-electron chi connectivity index (χ0n) is 13.4. The highest BCUT2D eigenvalue weighted by atomic mass is 32.2. The SMILES string of the molecule is CCOC(=O)C([NH3+])CSC(=O)Cc1ccccc1.O=C([O-])C(F)(F)F. The summed E-state index contributed by atoms with van der Waals surface area (Å²) < 4.78 is 36.4. The molecular weight excluding hydrogens is 363 g/mol. The topological polar surface area (TPSA) is 111 Å². The average molecular weight is 381 g/mol. The number of halogens is 3. The molecule has 0 spiro atoms. The molecule has 25 heavy (non-hydrogen) atoms. The van der Waals surface area contributed by atoms with E-state index in [1.807, 2.05) is 30.3 Å². The molecule has 0 bridgehead atoms. The number of esters is 1. The molecule has 1 unspecified atom stereocenters. The minimum Gasteiger partial charge on any atom is -0.542 e. The van der Waals surface area contributed by atoms with E-state index >= 15 is 0 Å². The summed E-state index contributed by atoms with van der Waals surface area (Å²) in [6, 6.07) is 9.03. The van der Waals surface area contributed by atoms with Gasteiger partial charge in [-0.15, -0.1) is 0 Å². The van der Waals surface area contributed by atoms with Gasteiger partial charge in [0.2, 0.25) is 0 Å². The molecule has 0 aliphatic rings. The summed E-state index contributed by atoms with van der Waals surface area (Å²) in [7, 11) is 0. The maximum absolute atomic E-state index is 11.7. The van der Waals surface area contributed by atoms with E-state index in [1.165, 1.54) is 0 Å². The van der Waals surface area contributed by atoms with Crippen molar-refractivity contribution in [2.75, 3.05) is 12.4 Å². The summed E-state index contributed by atoms with van der Waals surface area (Å²) in [6.07, 6.45) is -4.82. The third-order valence-corrected chi connectivity index (χ3v) is 3.52. The van der Waals surface area contributed by atoms with Gasteiger partial charge in [0.25, 0.3) is 0 Å². The van der Waals surface area contributed by atoms with E-state index in [0.717, 1.165) is 17.3 Å². The number of carboxylic acids is 1. The summed E-state index contributed by atoms with van der Waals surface area (Å²) in [5.74, 6) is -2.99. The van der Waals surface area contributed by atoms with E-state index in [0.29, 0.717) is 18.8 Å². The minimum absolute atomic E-state index is 0.0409. The highest BCUT2D eigenvalue weighted by Crippen LogP contribution is 2.11. The molecule has 1 rings (SSSR count). The lowest BCUT2D eigenvalue weighted by atomic mass is 10.2. The van der Waals surface area contributed by atoms with E-state index < -0.39 is 18.2 Å². The molecule has 0 aromatic heterocycles. The predicted octanol–water partition coefficient (Wildman–Crippen LogP) is -0.0389. The van der Waals surface area contributed by atoms with Crippen molar-refractivity contribution in [3.05, 3.63) is 35.9 Å². The van der Waals surface area contributed by atoms with Crippen LogP contribution in [0.3, 0.4) is 0 Å². The van der Waals surface area contributed by atoms with Crippen LogP contribution in [0.15, 0.2) is 30.3 Å². The van der Waals surface area contributed by atoms with Crippen LogP contribution in [0.2, 0.25) is 0 Å². The highest BCUT2D eigenvalue weighted by Gasteiger charge is 2.28. The second-order valence-electron chi connectivity index (χ2n) is 4.58. The summed E-state index contributed by atoms with van der Waals surface area (Å²) in [5.41, 5.74) is 4.67. The van der Waals surface area contributed by atoms with E-state index in [1.54, 1.807) is 6.92 Å². The van der Waals surface area contributed by atoms with Crippen LogP contribution in [0.1, 0.15) is 12.5 Å². The molecule has 1 aromatic rings. The number of carbonyl (C=O) groups is 3. The van der Waals surface area contributed by atoms with Crippen LogP contribution in [0.25, 0.3) is 0 Å². The molecule has 0 aliphatic heterocycles. The number of carboxylic acid groups (broad SMARTS) is 1. The monoisotopic (exact) mass is 381 g/mol. The zero-order chi connectivity index (χ0) is 19.5. The molecule has 0 heterocycles. The number of ether oxygens (including phenoxy) is 1. The number of quaternary nitrogens is 1. The Morgan fingerprint density at radius 3 is 2.20 bits per heavy atom. The van der Waals surface area contributed by atoms with Gasteiger partial charge in [-0.05, 0) is 12.5 Å². The van der Waals surface area contributed by atoms with Gasteiger partial charge in [-0.25, -0.2) is 4.79 Å². The van der Waals surface area contributed by atoms with E-state index in [9.17, 15) is 22.8 Å². The Bertz CT molecular complexity index is 566. The predicted molar refractivity (Wildman–Crippen MR) is 82.0 cm³/mol. The number of hydrogen-bond donors (Lipinski definition) is 1. The van der Waals surface area contributed by atoms with E-state index in [-0.39, 0.29) is 11.1 Å². The van der Waals surface area contributed by atoms with Crippen molar-refractivity contribution in [1.82, 2.24) is 0 Å². The Labute approximate surface area is 146 Å². The maximum atomic E-state index is 11.7. The minimum atomic E-state index is -5.19. The van der Waals surface area contributed by atoms with Crippen molar-refractivity contribution in [1.29, 1.82) is 0 Å². The van der Waals surface area contributed by atoms with E-state index in [4.69, 9.17) is 14.6 Å². The Kier molecular flexibility index (Phi) is 10.5. The van der Waals surface area contributed by atoms with Crippen LogP contribution in [-0.4, -0.2) is 41.6 Å². The van der Waals surface area contributed by atoms with Crippen LogP contribution in [0.4, 0.5) is 13.2 Å². The Morgan fingerprint density at radius 2 is 1.76 bits per heavy atom. The Balaban J connectivity index is 0.000000697. The fraction of sp³-hybridized carbons (Fsp3) is 0.400. The molecular formula is C15H18F3NO5S. The number of hydrogen-bond acceptors (Lipinski definition) is 6. The van der Waals surface area contributed by atoms with Gasteiger partial charge >= 0.3 is 12.1 Å². The van der Waals surface area contributed by atoms with Gasteiger partial charge < -0.3 is 20.4 Å². The zero-order valence-corrected chi connectivity index (χ0v) is 14.2. The largest absolute Gasteiger partial charge is 0.542 e. The van der Waals surface area contributed by atoms with E-state index in [2.05, 4.69) is 5.73 Å². The summed E-state index contributed by atoms with van der Waals surface area (Å²) in [6.45, 7) is 2.09. The lowest BCUT2D eigenvalue weighted by Gasteiger charge is -2.06. The fourth-order valence-corrected chi connectivity index (χ4v) is 2.13. The average Bonchev–Trinajstić information content (AvgIpc) is 2.53. The first kappa shape index (κ1) is 22.9. The number of thioether (sulfide) groups is 1. The van der Waals surface area contributed by atoms with Crippen molar-refractivity contribution in [2.24, 2.45) is 0 Å². The quantitative estimate of drug-likeness (QED) is 0.693. The van der Waals surface area contributed by atoms with Gasteiger partial charge in [0.1, 0.15) is 5.97 Å². The van der Waals surface area contributed by atoms with Crippen molar-refractivity contribution in [3.63, 3.8) is 0 Å². The molecule has 1 aromatic carbocycles. The lowest BCUT2D eigenvalue weighted by molar-refractivity contribution is -0.401. The summed E-state index contributed by atoms with van der Waals surface area (Å²) in [5, 5.41) is 8.83. The molecule has 0 saturated heterocycles. The number of carbonyl (C=O) groups excluding carboxylic acids is 3. The molecule has 140 valence electrons. The van der Waals surface area contributed by atoms with Gasteiger partial charge in [-0.2, -0.15) is 13.2 Å². The first-order chi connectivity index (χ1) is 11.6. The fourth-order valence-electron chi connectivity index (χ4n) is 1.34. The van der Waals surface area contributed by atoms with Gasteiger partial charge in [0.15, 0.2) is 11.2 Å². The van der Waals surface area contributed by atoms with Crippen LogP contribution < -0.4 is 10.8 Å². The lowest BCUT2D eigenvalue weighted by Crippen LogP contribution is -2.66. The Hall–Kier alpha value is -2.07. The van der Waals surface area contributed by atoms with Crippen molar-refractivity contribution in [2.45, 2.75) is 25.6 Å². The van der Waals surface area contributed by atoms with Gasteiger partial charge in [0, 0.05) is 6.42 Å². The standard InChI is InChI=1S/C13H17NO3S.C2HF3O2/c1-2-17-13(16)11(14)9-18-12(15)8-10-6-4-3-5-7-10;3-2(4,5)1(6)7/h3-7,11H,2,8-9,14H2,1H3;(H,6,7). The molecule has 6 nitrogen and oxygen atoms in total. The Morgan fingerprint density at radius 1 is 1.24 bits per heavy atom. The number of benzene rings is 1. The van der Waals surface area contributed by atoms with Crippen LogP contribution >= 0.6 is 11.8 Å². The normalized spacial score (nSPS) is 11.7. The smallest absolute Gasteiger partial charge is 0.430 e. The third kappa shape index (κ3) is 11.2. The molecule has 3 N–H and O–H groups in total. The molecule has 0 saturated carbocycles. The maximum Gasteiger partial charge on any atom is 0.430 e. The van der Waals surface area contributed by atoms with Gasteiger partial charge in [0.05, 0.1) is 12.4 Å². The summed E-state index contributed by atoms with van der Waals surface area (Å²) in [4.78, 5) is 31.8. The van der Waals surface area contributed by atoms with Crippen LogP contribution in [-0.2, 0) is 25.5 Å². The van der Waals surface area contributed by atoms with Crippen molar-refractivity contribution in [3.8, 4) is 0 Å². The second kappa shape index (κ2) is 11.5. The van der Waals surface area contributed by atoms with Crippen LogP contribution in [0.5, 0.6) is 0 Å². The van der Waals surface area contributed by atoms with Crippen molar-refractivity contribution >= 4 is 28.8 Å². The third-order valence-electron chi connectivity index (χ3n) is 2.49. The first-order valence-electron chi connectivity index (χ1n) is 7.05. The first-order valence-corrected chi connectivity index (χ1v) is 8.03. The van der Waals surface area contributed by atoms with Crippen LogP contribution in [0, 0.1) is 0 Å². The number of alkyl halides is 3. The highest BCUT2D eigenvalue weighted by molar-refractivity contribution is 8.13. The van der Waals surface area contributed by atoms with Crippen molar-refractivity contribution < 1.29 is 43.1 Å². The molecule has 0 fully saturated rings. The molecule has 0 radical (unpaired) electrons. The molecule has 1 atom stereocenters. The molecule has 10 heteroatoms. The summed E-state index contributed by atoms with van der Waals surface area (Å²) >= 11 is 1.13. The van der Waals surface area contributed by atoms with Gasteiger partial charge in [-0.3, -0.25) is 4.79 Å². The molecule has 0 amide bonds.